The fraction of sp³-hybridized carbons (Fsp3) is 0.800. The van der Waals surface area contributed by atoms with Crippen molar-refractivity contribution >= 4 is 16.0 Å². The van der Waals surface area contributed by atoms with E-state index >= 15 is 0 Å². The first kappa shape index (κ1) is 8.48. The molecule has 5 nitrogen and oxygen atoms in total. The lowest BCUT2D eigenvalue weighted by Gasteiger charge is -2.07. The molecule has 0 bridgehead atoms. The van der Waals surface area contributed by atoms with Crippen LogP contribution in [-0.4, -0.2) is 24.2 Å². The lowest BCUT2D eigenvalue weighted by Crippen LogP contribution is -2.32. The highest BCUT2D eigenvalue weighted by Crippen LogP contribution is 2.44. The van der Waals surface area contributed by atoms with Crippen molar-refractivity contribution in [3.8, 4) is 0 Å². The fourth-order valence-electron chi connectivity index (χ4n) is 0.977. The first-order valence-corrected chi connectivity index (χ1v) is 4.66. The van der Waals surface area contributed by atoms with Crippen molar-refractivity contribution in [2.24, 2.45) is 5.14 Å². The minimum absolute atomic E-state index is 0.369. The van der Waals surface area contributed by atoms with E-state index in [0.717, 1.165) is 0 Å². The molecule has 1 aliphatic carbocycles. The predicted octanol–water partition coefficient (Wildman–Crippen LogP) is -0.718. The van der Waals surface area contributed by atoms with Crippen molar-refractivity contribution in [3.05, 3.63) is 0 Å². The Bertz CT molecular complexity index is 277. The molecule has 0 atom stereocenters. The molecule has 0 amide bonds. The highest BCUT2D eigenvalue weighted by Gasteiger charge is 2.54. The van der Waals surface area contributed by atoms with Crippen LogP contribution in [0.25, 0.3) is 0 Å². The molecule has 0 aromatic rings. The average molecular weight is 179 g/mol. The third-order valence-corrected chi connectivity index (χ3v) is 3.64. The van der Waals surface area contributed by atoms with Gasteiger partial charge in [-0.05, 0) is 12.8 Å². The summed E-state index contributed by atoms with van der Waals surface area (Å²) >= 11 is 0. The summed E-state index contributed by atoms with van der Waals surface area (Å²) in [4.78, 5) is 10.2. The molecule has 1 saturated carbocycles. The van der Waals surface area contributed by atoms with E-state index in [1.54, 1.807) is 0 Å². The summed E-state index contributed by atoms with van der Waals surface area (Å²) in [5, 5.41) is 13.2. The summed E-state index contributed by atoms with van der Waals surface area (Å²) < 4.78 is 20.4. The van der Waals surface area contributed by atoms with Crippen LogP contribution in [0.5, 0.6) is 0 Å². The van der Waals surface area contributed by atoms with Gasteiger partial charge in [-0.3, -0.25) is 4.79 Å². The van der Waals surface area contributed by atoms with E-state index in [4.69, 9.17) is 10.2 Å². The maximum atomic E-state index is 10.8. The molecule has 1 fully saturated rings. The van der Waals surface area contributed by atoms with Gasteiger partial charge in [0, 0.05) is 0 Å². The van der Waals surface area contributed by atoms with E-state index < -0.39 is 20.7 Å². The lowest BCUT2D eigenvalue weighted by molar-refractivity contribution is -0.137. The van der Waals surface area contributed by atoms with E-state index in [2.05, 4.69) is 0 Å². The molecule has 1 aliphatic rings. The Morgan fingerprint density at radius 1 is 1.55 bits per heavy atom. The zero-order valence-corrected chi connectivity index (χ0v) is 6.60. The maximum absolute atomic E-state index is 10.8. The third-order valence-electron chi connectivity index (χ3n) is 1.88. The van der Waals surface area contributed by atoms with Gasteiger partial charge < -0.3 is 5.11 Å². The summed E-state index contributed by atoms with van der Waals surface area (Å²) in [5.74, 6) is -1.11. The molecule has 0 aromatic carbocycles. The second kappa shape index (κ2) is 2.18. The minimum atomic E-state index is -3.67. The Morgan fingerprint density at radius 3 is 2.09 bits per heavy atom. The molecule has 1 rings (SSSR count). The molecule has 0 unspecified atom stereocenters. The summed E-state index contributed by atoms with van der Waals surface area (Å²) in [6, 6.07) is 0. The highest BCUT2D eigenvalue weighted by atomic mass is 32.2. The number of sulfonamides is 1. The van der Waals surface area contributed by atoms with E-state index in [1.165, 1.54) is 0 Å². The number of hydrogen-bond donors (Lipinski definition) is 2. The Labute approximate surface area is 64.2 Å². The van der Waals surface area contributed by atoms with Crippen LogP contribution in [0.2, 0.25) is 0 Å². The van der Waals surface area contributed by atoms with Crippen molar-refractivity contribution in [3.63, 3.8) is 0 Å². The van der Waals surface area contributed by atoms with E-state index in [1.807, 2.05) is 0 Å². The average Bonchev–Trinajstić information content (AvgIpc) is 2.42. The Balaban J connectivity index is 2.78. The molecule has 0 saturated heterocycles. The number of carboxylic acids is 1. The zero-order chi connectivity index (χ0) is 8.70. The van der Waals surface area contributed by atoms with Crippen molar-refractivity contribution in [1.29, 1.82) is 0 Å². The molecule has 0 heterocycles. The van der Waals surface area contributed by atoms with E-state index in [-0.39, 0.29) is 6.42 Å². The molecule has 6 heteroatoms. The normalized spacial score (nSPS) is 21.2. The molecule has 11 heavy (non-hydrogen) atoms. The van der Waals surface area contributed by atoms with Crippen LogP contribution >= 0.6 is 0 Å². The van der Waals surface area contributed by atoms with E-state index in [9.17, 15) is 13.2 Å². The van der Waals surface area contributed by atoms with Crippen molar-refractivity contribution in [1.82, 2.24) is 0 Å². The summed E-state index contributed by atoms with van der Waals surface area (Å²) in [5.41, 5.74) is 0. The highest BCUT2D eigenvalue weighted by molar-refractivity contribution is 7.90. The molecule has 0 aromatic heterocycles. The van der Waals surface area contributed by atoms with Crippen LogP contribution in [-0.2, 0) is 14.8 Å². The van der Waals surface area contributed by atoms with Gasteiger partial charge in [0.1, 0.15) is 0 Å². The lowest BCUT2D eigenvalue weighted by atomic mass is 10.3. The van der Waals surface area contributed by atoms with Crippen LogP contribution in [0.1, 0.15) is 19.3 Å². The third kappa shape index (κ3) is 1.51. The Morgan fingerprint density at radius 2 is 2.00 bits per heavy atom. The van der Waals surface area contributed by atoms with Crippen LogP contribution in [0, 0.1) is 0 Å². The van der Waals surface area contributed by atoms with Crippen molar-refractivity contribution < 1.29 is 18.3 Å². The zero-order valence-electron chi connectivity index (χ0n) is 5.78. The van der Waals surface area contributed by atoms with Crippen LogP contribution in [0.3, 0.4) is 0 Å². The quantitative estimate of drug-likeness (QED) is 0.597. The van der Waals surface area contributed by atoms with Crippen LogP contribution in [0.4, 0.5) is 0 Å². The molecule has 3 N–H and O–H groups in total. The number of rotatable bonds is 3. The Kier molecular flexibility index (Phi) is 1.68. The SMILES string of the molecule is NS(=O)(=O)C1(CC(=O)O)CC1. The topological polar surface area (TPSA) is 97.5 Å². The monoisotopic (exact) mass is 179 g/mol. The van der Waals surface area contributed by atoms with Crippen molar-refractivity contribution in [2.45, 2.75) is 24.0 Å². The minimum Gasteiger partial charge on any atom is -0.481 e. The van der Waals surface area contributed by atoms with Gasteiger partial charge in [-0.15, -0.1) is 0 Å². The Hall–Kier alpha value is -0.620. The van der Waals surface area contributed by atoms with Gasteiger partial charge in [0.25, 0.3) is 0 Å². The first-order chi connectivity index (χ1) is 4.87. The standard InChI is InChI=1S/C5H9NO4S/c6-11(9,10)5(1-2-5)3-4(7)8/h1-3H2,(H,7,8)(H2,6,9,10). The molecular formula is C5H9NO4S. The fourth-order valence-corrected chi connectivity index (χ4v) is 1.97. The largest absolute Gasteiger partial charge is 0.481 e. The molecule has 0 radical (unpaired) electrons. The van der Waals surface area contributed by atoms with Gasteiger partial charge in [0.2, 0.25) is 10.0 Å². The molecular weight excluding hydrogens is 170 g/mol. The van der Waals surface area contributed by atoms with Gasteiger partial charge >= 0.3 is 5.97 Å². The van der Waals surface area contributed by atoms with Gasteiger partial charge in [-0.2, -0.15) is 0 Å². The first-order valence-electron chi connectivity index (χ1n) is 3.12. The summed E-state index contributed by atoms with van der Waals surface area (Å²) in [6.45, 7) is 0. The molecule has 0 spiro atoms. The second-order valence-corrected chi connectivity index (χ2v) is 4.75. The molecule has 64 valence electrons. The predicted molar refractivity (Wildman–Crippen MR) is 37.3 cm³/mol. The maximum Gasteiger partial charge on any atom is 0.305 e. The number of primary sulfonamides is 1. The number of carboxylic acid groups (broad SMARTS) is 1. The van der Waals surface area contributed by atoms with Gasteiger partial charge in [-0.1, -0.05) is 0 Å². The van der Waals surface area contributed by atoms with E-state index in [0.29, 0.717) is 12.8 Å². The number of aliphatic carboxylic acids is 1. The smallest absolute Gasteiger partial charge is 0.305 e. The summed E-state index contributed by atoms with van der Waals surface area (Å²) in [6.07, 6.45) is 0.377. The number of nitrogens with two attached hydrogens (primary N) is 1. The van der Waals surface area contributed by atoms with Crippen LogP contribution in [0.15, 0.2) is 0 Å². The summed E-state index contributed by atoms with van der Waals surface area (Å²) in [7, 11) is -3.67. The number of hydrogen-bond acceptors (Lipinski definition) is 3. The van der Waals surface area contributed by atoms with Crippen molar-refractivity contribution in [2.75, 3.05) is 0 Å². The van der Waals surface area contributed by atoms with Gasteiger partial charge in [0.05, 0.1) is 11.2 Å². The number of carbonyl (C=O) groups is 1. The second-order valence-electron chi connectivity index (χ2n) is 2.80. The van der Waals surface area contributed by atoms with Crippen LogP contribution < -0.4 is 5.14 Å². The van der Waals surface area contributed by atoms with Gasteiger partial charge in [0.15, 0.2) is 0 Å². The van der Waals surface area contributed by atoms with Gasteiger partial charge in [-0.25, -0.2) is 13.6 Å². The molecule has 0 aliphatic heterocycles.